The molecular weight excluding hydrogens is 719 g/mol. The molecule has 12 rings (SSSR count). The van der Waals surface area contributed by atoms with Crippen LogP contribution >= 0.6 is 11.3 Å². The first-order chi connectivity index (χ1) is 28.2. The SMILES string of the molecule is c1ccc(-c2nc(-c3ccc4c(c3)oc3ccccc34)nc(-c3cccc4oc5ccc(-c6ccc(-c7ccccc7)c7sc8ccccc8c67)cc5c34)n2)cc1. The molecule has 0 saturated carbocycles. The molecule has 0 bridgehead atoms. The summed E-state index contributed by atoms with van der Waals surface area (Å²) < 4.78 is 15.4. The van der Waals surface area contributed by atoms with E-state index < -0.39 is 0 Å². The van der Waals surface area contributed by atoms with Crippen LogP contribution in [0.3, 0.4) is 0 Å². The lowest BCUT2D eigenvalue weighted by Gasteiger charge is -2.10. The van der Waals surface area contributed by atoms with Gasteiger partial charge in [-0.3, -0.25) is 0 Å². The number of rotatable bonds is 5. The molecule has 0 aliphatic carbocycles. The third-order valence-corrected chi connectivity index (χ3v) is 12.2. The molecule has 0 aliphatic rings. The molecule has 0 saturated heterocycles. The van der Waals surface area contributed by atoms with Crippen LogP contribution in [0.2, 0.25) is 0 Å². The minimum Gasteiger partial charge on any atom is -0.456 e. The minimum atomic E-state index is 0.567. The molecule has 0 unspecified atom stereocenters. The predicted octanol–water partition coefficient (Wildman–Crippen LogP) is 14.4. The van der Waals surface area contributed by atoms with E-state index in [4.69, 9.17) is 23.8 Å². The lowest BCUT2D eigenvalue weighted by molar-refractivity contribution is 0.668. The molecule has 0 spiro atoms. The highest BCUT2D eigenvalue weighted by Crippen LogP contribution is 2.46. The van der Waals surface area contributed by atoms with E-state index in [0.29, 0.717) is 17.5 Å². The van der Waals surface area contributed by atoms with E-state index in [1.165, 1.54) is 36.9 Å². The Bertz CT molecular complexity index is 3530. The number of para-hydroxylation sites is 1. The molecule has 5 nitrogen and oxygen atoms in total. The van der Waals surface area contributed by atoms with E-state index in [1.807, 2.05) is 78.1 Å². The van der Waals surface area contributed by atoms with Crippen LogP contribution in [0.5, 0.6) is 0 Å². The van der Waals surface area contributed by atoms with Crippen molar-refractivity contribution in [3.63, 3.8) is 0 Å². The molecule has 57 heavy (non-hydrogen) atoms. The third-order valence-electron chi connectivity index (χ3n) is 11.0. The van der Waals surface area contributed by atoms with Gasteiger partial charge in [-0.2, -0.15) is 0 Å². The zero-order valence-corrected chi connectivity index (χ0v) is 31.1. The number of thiophene rings is 1. The maximum absolute atomic E-state index is 6.55. The van der Waals surface area contributed by atoms with Crippen LogP contribution in [-0.2, 0) is 0 Å². The average Bonchev–Trinajstić information content (AvgIpc) is 3.97. The van der Waals surface area contributed by atoms with Gasteiger partial charge in [-0.25, -0.2) is 15.0 Å². The van der Waals surface area contributed by atoms with Crippen LogP contribution in [-0.4, -0.2) is 15.0 Å². The number of benzene rings is 8. The van der Waals surface area contributed by atoms with Crippen molar-refractivity contribution in [1.82, 2.24) is 15.0 Å². The second-order valence-electron chi connectivity index (χ2n) is 14.3. The minimum absolute atomic E-state index is 0.567. The lowest BCUT2D eigenvalue weighted by atomic mass is 9.94. The van der Waals surface area contributed by atoms with Crippen LogP contribution in [0.4, 0.5) is 0 Å². The summed E-state index contributed by atoms with van der Waals surface area (Å²) in [5.74, 6) is 1.73. The molecule has 266 valence electrons. The molecular formula is C51H29N3O2S. The molecule has 4 heterocycles. The normalized spacial score (nSPS) is 11.9. The van der Waals surface area contributed by atoms with Crippen molar-refractivity contribution in [2.24, 2.45) is 0 Å². The molecule has 0 radical (unpaired) electrons. The Morgan fingerprint density at radius 3 is 1.82 bits per heavy atom. The Balaban J connectivity index is 1.07. The standard InChI is InChI=1S/C51H29N3O2S/c1-3-12-30(13-4-1)35-26-25-34(47-38-17-8-10-21-45(38)57-48(35)47)32-23-27-42-40(28-32)46-39(18-11-20-43(46)55-42)51-53-49(31-14-5-2-6-15-31)52-50(54-51)33-22-24-37-36-16-7-9-19-41(36)56-44(37)29-33/h1-29H. The number of aromatic nitrogens is 3. The first-order valence-corrected chi connectivity index (χ1v) is 19.7. The van der Waals surface area contributed by atoms with E-state index in [9.17, 15) is 0 Å². The van der Waals surface area contributed by atoms with Gasteiger partial charge in [0.05, 0.1) is 0 Å². The van der Waals surface area contributed by atoms with E-state index in [2.05, 4.69) is 109 Å². The molecule has 8 aromatic carbocycles. The molecule has 12 aromatic rings. The summed E-state index contributed by atoms with van der Waals surface area (Å²) in [6, 6.07) is 60.9. The van der Waals surface area contributed by atoms with Crippen molar-refractivity contribution in [3.05, 3.63) is 176 Å². The zero-order chi connectivity index (χ0) is 37.5. The summed E-state index contributed by atoms with van der Waals surface area (Å²) in [5.41, 5.74) is 10.6. The molecule has 0 N–H and O–H groups in total. The topological polar surface area (TPSA) is 65.0 Å². The number of furan rings is 2. The zero-order valence-electron chi connectivity index (χ0n) is 30.3. The Hall–Kier alpha value is -7.41. The van der Waals surface area contributed by atoms with Crippen molar-refractivity contribution in [1.29, 1.82) is 0 Å². The summed E-state index contributed by atoms with van der Waals surface area (Å²) in [5, 5.41) is 6.63. The summed E-state index contributed by atoms with van der Waals surface area (Å²) in [4.78, 5) is 15.3. The summed E-state index contributed by atoms with van der Waals surface area (Å²) in [6.07, 6.45) is 0. The van der Waals surface area contributed by atoms with E-state index >= 15 is 0 Å². The number of fused-ring (bicyclic) bond motifs is 9. The Kier molecular flexibility index (Phi) is 7.03. The molecule has 0 atom stereocenters. The van der Waals surface area contributed by atoms with Crippen molar-refractivity contribution in [2.75, 3.05) is 0 Å². The van der Waals surface area contributed by atoms with E-state index in [-0.39, 0.29) is 0 Å². The number of hydrogen-bond acceptors (Lipinski definition) is 6. The second kappa shape index (κ2) is 12.6. The second-order valence-corrected chi connectivity index (χ2v) is 15.4. The third kappa shape index (κ3) is 5.12. The summed E-state index contributed by atoms with van der Waals surface area (Å²) >= 11 is 1.85. The highest BCUT2D eigenvalue weighted by atomic mass is 32.1. The van der Waals surface area contributed by atoms with Gasteiger partial charge < -0.3 is 8.83 Å². The van der Waals surface area contributed by atoms with Gasteiger partial charge in [-0.15, -0.1) is 11.3 Å². The fraction of sp³-hybridized carbons (Fsp3) is 0. The maximum Gasteiger partial charge on any atom is 0.164 e. The molecule has 4 aromatic heterocycles. The van der Waals surface area contributed by atoms with Gasteiger partial charge in [0.1, 0.15) is 22.3 Å². The van der Waals surface area contributed by atoms with E-state index in [1.54, 1.807) is 0 Å². The molecule has 0 fully saturated rings. The first-order valence-electron chi connectivity index (χ1n) is 18.9. The Labute approximate surface area is 330 Å². The maximum atomic E-state index is 6.55. The fourth-order valence-corrected chi connectivity index (χ4v) is 9.57. The van der Waals surface area contributed by atoms with Crippen LogP contribution in [0.15, 0.2) is 185 Å². The van der Waals surface area contributed by atoms with Gasteiger partial charge in [-0.05, 0) is 64.7 Å². The quantitative estimate of drug-likeness (QED) is 0.175. The van der Waals surface area contributed by atoms with E-state index in [0.717, 1.165) is 66.1 Å². The van der Waals surface area contributed by atoms with Gasteiger partial charge in [0, 0.05) is 58.4 Å². The van der Waals surface area contributed by atoms with Crippen molar-refractivity contribution < 1.29 is 8.83 Å². The van der Waals surface area contributed by atoms with Gasteiger partial charge in [0.25, 0.3) is 0 Å². The predicted molar refractivity (Wildman–Crippen MR) is 234 cm³/mol. The van der Waals surface area contributed by atoms with Gasteiger partial charge in [0.15, 0.2) is 17.5 Å². The first kappa shape index (κ1) is 31.9. The van der Waals surface area contributed by atoms with Crippen LogP contribution in [0.1, 0.15) is 0 Å². The molecule has 0 amide bonds. The van der Waals surface area contributed by atoms with Crippen LogP contribution in [0, 0.1) is 0 Å². The average molecular weight is 748 g/mol. The van der Waals surface area contributed by atoms with Gasteiger partial charge >= 0.3 is 0 Å². The Morgan fingerprint density at radius 1 is 0.333 bits per heavy atom. The molecule has 0 aliphatic heterocycles. The largest absolute Gasteiger partial charge is 0.456 e. The van der Waals surface area contributed by atoms with Crippen molar-refractivity contribution >= 4 is 75.4 Å². The highest BCUT2D eigenvalue weighted by Gasteiger charge is 2.21. The Morgan fingerprint density at radius 2 is 0.965 bits per heavy atom. The van der Waals surface area contributed by atoms with Crippen LogP contribution < -0.4 is 0 Å². The highest BCUT2D eigenvalue weighted by molar-refractivity contribution is 7.26. The lowest BCUT2D eigenvalue weighted by Crippen LogP contribution is -2.00. The smallest absolute Gasteiger partial charge is 0.164 e. The van der Waals surface area contributed by atoms with Gasteiger partial charge in [0.2, 0.25) is 0 Å². The molecule has 6 heteroatoms. The fourth-order valence-electron chi connectivity index (χ4n) is 8.30. The van der Waals surface area contributed by atoms with Crippen molar-refractivity contribution in [3.8, 4) is 56.4 Å². The summed E-state index contributed by atoms with van der Waals surface area (Å²) in [7, 11) is 0. The number of hydrogen-bond donors (Lipinski definition) is 0. The monoisotopic (exact) mass is 747 g/mol. The summed E-state index contributed by atoms with van der Waals surface area (Å²) in [6.45, 7) is 0. The van der Waals surface area contributed by atoms with Crippen molar-refractivity contribution in [2.45, 2.75) is 0 Å². The number of nitrogens with zero attached hydrogens (tertiary/aromatic N) is 3. The van der Waals surface area contributed by atoms with Gasteiger partial charge in [-0.1, -0.05) is 133 Å². The van der Waals surface area contributed by atoms with Crippen LogP contribution in [0.25, 0.3) is 120 Å².